The summed E-state index contributed by atoms with van der Waals surface area (Å²) < 4.78 is 9.85. The highest BCUT2D eigenvalue weighted by molar-refractivity contribution is 5.87. The Kier molecular flexibility index (Phi) is 3.10. The van der Waals surface area contributed by atoms with Crippen molar-refractivity contribution in [2.45, 2.75) is 19.4 Å². The first-order chi connectivity index (χ1) is 6.52. The molecule has 0 bridgehead atoms. The number of methoxy groups -OCH3 is 1. The van der Waals surface area contributed by atoms with Crippen molar-refractivity contribution >= 4 is 11.9 Å². The second-order valence-electron chi connectivity index (χ2n) is 3.49. The van der Waals surface area contributed by atoms with Gasteiger partial charge in [0.2, 0.25) is 5.91 Å². The number of amides is 1. The summed E-state index contributed by atoms with van der Waals surface area (Å²) >= 11 is 0. The topological polar surface area (TPSA) is 55.8 Å². The predicted molar refractivity (Wildman–Crippen MR) is 48.6 cm³/mol. The quantitative estimate of drug-likeness (QED) is 0.551. The van der Waals surface area contributed by atoms with Gasteiger partial charge in [0.1, 0.15) is 0 Å². The Labute approximate surface area is 83.0 Å². The molecule has 14 heavy (non-hydrogen) atoms. The highest BCUT2D eigenvalue weighted by atomic mass is 16.5. The third kappa shape index (κ3) is 1.72. The van der Waals surface area contributed by atoms with Crippen LogP contribution in [0.3, 0.4) is 0 Å². The fourth-order valence-electron chi connectivity index (χ4n) is 1.65. The lowest BCUT2D eigenvalue weighted by atomic mass is 10.00. The average molecular weight is 201 g/mol. The Balaban J connectivity index is 2.90. The summed E-state index contributed by atoms with van der Waals surface area (Å²) in [6, 6.07) is 0. The lowest BCUT2D eigenvalue weighted by Crippen LogP contribution is -2.61. The summed E-state index contributed by atoms with van der Waals surface area (Å²) in [6.45, 7) is 4.18. The zero-order valence-corrected chi connectivity index (χ0v) is 8.70. The van der Waals surface area contributed by atoms with Gasteiger partial charge in [-0.25, -0.2) is 4.79 Å². The fourth-order valence-corrected chi connectivity index (χ4v) is 1.65. The smallest absolute Gasteiger partial charge is 0.333 e. The van der Waals surface area contributed by atoms with Crippen LogP contribution >= 0.6 is 0 Å². The monoisotopic (exact) mass is 201 g/mol. The van der Waals surface area contributed by atoms with Gasteiger partial charge < -0.3 is 14.4 Å². The van der Waals surface area contributed by atoms with Crippen molar-refractivity contribution in [1.29, 1.82) is 0 Å². The van der Waals surface area contributed by atoms with Crippen LogP contribution in [-0.2, 0) is 19.1 Å². The summed E-state index contributed by atoms with van der Waals surface area (Å²) in [5.41, 5.74) is -0.973. The van der Waals surface area contributed by atoms with Crippen molar-refractivity contribution in [3.05, 3.63) is 0 Å². The third-order valence-electron chi connectivity index (χ3n) is 2.44. The largest absolute Gasteiger partial charge is 0.467 e. The highest BCUT2D eigenvalue weighted by Crippen LogP contribution is 2.21. The Bertz CT molecular complexity index is 253. The molecule has 80 valence electrons. The van der Waals surface area contributed by atoms with Gasteiger partial charge in [0.05, 0.1) is 20.3 Å². The van der Waals surface area contributed by atoms with E-state index in [0.29, 0.717) is 13.2 Å². The SMILES string of the molecule is COC(=O)[C@]1(C)COCCN1C(C)=O. The number of nitrogens with zero attached hydrogens (tertiary/aromatic N) is 1. The molecule has 1 rings (SSSR count). The molecular weight excluding hydrogens is 186 g/mol. The Morgan fingerprint density at radius 3 is 2.64 bits per heavy atom. The van der Waals surface area contributed by atoms with Gasteiger partial charge in [0.25, 0.3) is 0 Å². The van der Waals surface area contributed by atoms with Gasteiger partial charge in [-0.1, -0.05) is 0 Å². The van der Waals surface area contributed by atoms with E-state index in [4.69, 9.17) is 4.74 Å². The molecule has 1 aliphatic rings. The number of hydrogen-bond acceptors (Lipinski definition) is 4. The van der Waals surface area contributed by atoms with E-state index in [0.717, 1.165) is 0 Å². The van der Waals surface area contributed by atoms with E-state index in [1.165, 1.54) is 18.9 Å². The van der Waals surface area contributed by atoms with E-state index in [1.807, 2.05) is 0 Å². The second kappa shape index (κ2) is 3.96. The number of esters is 1. The summed E-state index contributed by atoms with van der Waals surface area (Å²) in [7, 11) is 1.31. The lowest BCUT2D eigenvalue weighted by molar-refractivity contribution is -0.172. The number of morpholine rings is 1. The van der Waals surface area contributed by atoms with Crippen LogP contribution in [0, 0.1) is 0 Å². The minimum atomic E-state index is -0.973. The van der Waals surface area contributed by atoms with Crippen LogP contribution in [0.2, 0.25) is 0 Å². The van der Waals surface area contributed by atoms with E-state index in [9.17, 15) is 9.59 Å². The molecule has 1 heterocycles. The van der Waals surface area contributed by atoms with E-state index >= 15 is 0 Å². The van der Waals surface area contributed by atoms with Gasteiger partial charge in [-0.2, -0.15) is 0 Å². The molecule has 5 nitrogen and oxygen atoms in total. The Morgan fingerprint density at radius 1 is 1.50 bits per heavy atom. The molecule has 0 aromatic heterocycles. The maximum atomic E-state index is 11.5. The van der Waals surface area contributed by atoms with Gasteiger partial charge >= 0.3 is 5.97 Å². The molecule has 0 aromatic rings. The first kappa shape index (κ1) is 11.0. The molecule has 1 saturated heterocycles. The number of ether oxygens (including phenoxy) is 2. The normalized spacial score (nSPS) is 27.2. The summed E-state index contributed by atoms with van der Waals surface area (Å²) in [4.78, 5) is 24.3. The predicted octanol–water partition coefficient (Wildman–Crippen LogP) is -0.203. The van der Waals surface area contributed by atoms with Gasteiger partial charge in [-0.05, 0) is 6.92 Å². The van der Waals surface area contributed by atoms with Gasteiger partial charge in [0.15, 0.2) is 5.54 Å². The van der Waals surface area contributed by atoms with Crippen molar-refractivity contribution < 1.29 is 19.1 Å². The molecular formula is C9H15NO4. The van der Waals surface area contributed by atoms with Crippen LogP contribution in [-0.4, -0.2) is 49.2 Å². The molecule has 1 fully saturated rings. The fraction of sp³-hybridized carbons (Fsp3) is 0.778. The van der Waals surface area contributed by atoms with E-state index in [1.54, 1.807) is 6.92 Å². The van der Waals surface area contributed by atoms with Crippen LogP contribution < -0.4 is 0 Å². The molecule has 0 radical (unpaired) electrons. The highest BCUT2D eigenvalue weighted by Gasteiger charge is 2.44. The molecule has 0 aromatic carbocycles. The van der Waals surface area contributed by atoms with E-state index in [-0.39, 0.29) is 12.5 Å². The standard InChI is InChI=1S/C9H15NO4/c1-7(11)10-4-5-14-6-9(10,2)8(12)13-3/h4-6H2,1-3H3/t9-/m0/s1. The second-order valence-corrected chi connectivity index (χ2v) is 3.49. The van der Waals surface area contributed by atoms with E-state index in [2.05, 4.69) is 4.74 Å². The number of carbonyl (C=O) groups excluding carboxylic acids is 2. The van der Waals surface area contributed by atoms with Crippen molar-refractivity contribution in [2.24, 2.45) is 0 Å². The molecule has 0 unspecified atom stereocenters. The summed E-state index contributed by atoms with van der Waals surface area (Å²) in [6.07, 6.45) is 0. The minimum Gasteiger partial charge on any atom is -0.467 e. The van der Waals surface area contributed by atoms with Crippen LogP contribution in [0.5, 0.6) is 0 Å². The maximum absolute atomic E-state index is 11.5. The number of hydrogen-bond donors (Lipinski definition) is 0. The molecule has 1 atom stereocenters. The number of rotatable bonds is 1. The lowest BCUT2D eigenvalue weighted by Gasteiger charge is -2.41. The van der Waals surface area contributed by atoms with Crippen molar-refractivity contribution in [3.8, 4) is 0 Å². The molecule has 5 heteroatoms. The van der Waals surface area contributed by atoms with Crippen LogP contribution in [0.1, 0.15) is 13.8 Å². The molecule has 0 aliphatic carbocycles. The molecule has 1 amide bonds. The van der Waals surface area contributed by atoms with Gasteiger partial charge in [-0.3, -0.25) is 4.79 Å². The molecule has 0 spiro atoms. The maximum Gasteiger partial charge on any atom is 0.333 e. The zero-order valence-electron chi connectivity index (χ0n) is 8.70. The molecule has 0 N–H and O–H groups in total. The number of carbonyl (C=O) groups is 2. The minimum absolute atomic E-state index is 0.138. The Morgan fingerprint density at radius 2 is 2.14 bits per heavy atom. The average Bonchev–Trinajstić information content (AvgIpc) is 2.16. The Hall–Kier alpha value is -1.10. The first-order valence-electron chi connectivity index (χ1n) is 4.46. The van der Waals surface area contributed by atoms with Crippen LogP contribution in [0.4, 0.5) is 0 Å². The van der Waals surface area contributed by atoms with Gasteiger partial charge in [0, 0.05) is 13.5 Å². The summed E-state index contributed by atoms with van der Waals surface area (Å²) in [5, 5.41) is 0. The molecule has 0 saturated carbocycles. The van der Waals surface area contributed by atoms with Crippen LogP contribution in [0.25, 0.3) is 0 Å². The summed E-state index contributed by atoms with van der Waals surface area (Å²) in [5.74, 6) is -0.575. The van der Waals surface area contributed by atoms with Crippen molar-refractivity contribution in [2.75, 3.05) is 26.9 Å². The first-order valence-corrected chi connectivity index (χ1v) is 4.46. The van der Waals surface area contributed by atoms with Gasteiger partial charge in [-0.15, -0.1) is 0 Å². The van der Waals surface area contributed by atoms with E-state index < -0.39 is 11.5 Å². The van der Waals surface area contributed by atoms with Crippen molar-refractivity contribution in [3.63, 3.8) is 0 Å². The molecule has 1 aliphatic heterocycles. The van der Waals surface area contributed by atoms with Crippen LogP contribution in [0.15, 0.2) is 0 Å². The third-order valence-corrected chi connectivity index (χ3v) is 2.44. The zero-order chi connectivity index (χ0) is 10.8. The van der Waals surface area contributed by atoms with Crippen molar-refractivity contribution in [1.82, 2.24) is 4.90 Å².